The molecule has 0 saturated carbocycles. The Labute approximate surface area is 156 Å². The first-order chi connectivity index (χ1) is 11.7. The van der Waals surface area contributed by atoms with Crippen molar-refractivity contribution < 1.29 is 18.3 Å². The van der Waals surface area contributed by atoms with Crippen molar-refractivity contribution >= 4 is 33.4 Å². The number of hydrogen-bond donors (Lipinski definition) is 1. The Morgan fingerprint density at radius 3 is 2.76 bits per heavy atom. The number of carbonyl (C=O) groups excluding carboxylic acids is 1. The summed E-state index contributed by atoms with van der Waals surface area (Å²) in [6, 6.07) is 6.52. The number of amides is 1. The first-order valence-corrected chi connectivity index (χ1v) is 8.36. The third-order valence-electron chi connectivity index (χ3n) is 3.21. The van der Waals surface area contributed by atoms with E-state index >= 15 is 0 Å². The van der Waals surface area contributed by atoms with Gasteiger partial charge in [0.2, 0.25) is 5.88 Å². The minimum atomic E-state index is -2.71. The van der Waals surface area contributed by atoms with Crippen LogP contribution in [0.25, 0.3) is 0 Å². The Bertz CT molecular complexity index is 775. The Hall–Kier alpha value is -1.80. The number of hydrogen-bond acceptors (Lipinski definition) is 4. The summed E-state index contributed by atoms with van der Waals surface area (Å²) in [5.41, 5.74) is -1.18. The van der Waals surface area contributed by atoms with E-state index < -0.39 is 17.9 Å². The van der Waals surface area contributed by atoms with E-state index in [1.54, 1.807) is 18.2 Å². The molecule has 25 heavy (non-hydrogen) atoms. The van der Waals surface area contributed by atoms with Crippen LogP contribution in [0.2, 0.25) is 5.02 Å². The lowest BCUT2D eigenvalue weighted by Gasteiger charge is -2.24. The van der Waals surface area contributed by atoms with Gasteiger partial charge in [-0.3, -0.25) is 9.78 Å². The first-order valence-electron chi connectivity index (χ1n) is 7.19. The van der Waals surface area contributed by atoms with Gasteiger partial charge in [0.15, 0.2) is 0 Å². The van der Waals surface area contributed by atoms with Crippen LogP contribution in [-0.4, -0.2) is 27.8 Å². The van der Waals surface area contributed by atoms with Gasteiger partial charge >= 0.3 is 0 Å². The summed E-state index contributed by atoms with van der Waals surface area (Å²) in [4.78, 5) is 20.1. The van der Waals surface area contributed by atoms with Gasteiger partial charge in [-0.05, 0) is 41.9 Å². The molecule has 0 radical (unpaired) electrons. The summed E-state index contributed by atoms with van der Waals surface area (Å²) in [7, 11) is 0. The lowest BCUT2D eigenvalue weighted by atomic mass is 10.1. The summed E-state index contributed by atoms with van der Waals surface area (Å²) in [6.45, 7) is 2.55. The minimum absolute atomic E-state index is 0.0527. The maximum absolute atomic E-state index is 12.8. The van der Waals surface area contributed by atoms with Crippen molar-refractivity contribution in [2.24, 2.45) is 0 Å². The molecule has 0 aromatic carbocycles. The van der Waals surface area contributed by atoms with Gasteiger partial charge in [-0.1, -0.05) is 17.7 Å². The van der Waals surface area contributed by atoms with Crippen LogP contribution in [0.3, 0.4) is 0 Å². The van der Waals surface area contributed by atoms with Crippen LogP contribution in [-0.2, 0) is 6.61 Å². The monoisotopic (exact) mass is 433 g/mol. The predicted molar refractivity (Wildman–Crippen MR) is 93.1 cm³/mol. The van der Waals surface area contributed by atoms with Gasteiger partial charge in [0.1, 0.15) is 16.9 Å². The van der Waals surface area contributed by atoms with Gasteiger partial charge in [0, 0.05) is 17.8 Å². The summed E-state index contributed by atoms with van der Waals surface area (Å²) < 4.78 is 31.8. The van der Waals surface area contributed by atoms with Crippen LogP contribution in [0, 0.1) is 0 Å². The lowest BCUT2D eigenvalue weighted by Crippen LogP contribution is -2.49. The van der Waals surface area contributed by atoms with Crippen LogP contribution in [0.5, 0.6) is 5.88 Å². The minimum Gasteiger partial charge on any atom is -0.473 e. The zero-order valence-electron chi connectivity index (χ0n) is 13.4. The molecule has 0 fully saturated rings. The molecule has 0 atom stereocenters. The molecule has 2 rings (SSSR count). The fourth-order valence-corrected chi connectivity index (χ4v) is 2.26. The molecule has 0 aliphatic rings. The maximum Gasteiger partial charge on any atom is 0.270 e. The smallest absolute Gasteiger partial charge is 0.270 e. The highest BCUT2D eigenvalue weighted by Gasteiger charge is 2.31. The number of alkyl halides is 2. The molecule has 134 valence electrons. The topological polar surface area (TPSA) is 64.1 Å². The summed E-state index contributed by atoms with van der Waals surface area (Å²) in [5, 5.41) is 2.47. The average Bonchev–Trinajstić information content (AvgIpc) is 2.53. The maximum atomic E-state index is 12.8. The van der Waals surface area contributed by atoms with Crippen molar-refractivity contribution in [2.75, 3.05) is 0 Å². The molecule has 0 spiro atoms. The fraction of sp³-hybridized carbons (Fsp3) is 0.312. The largest absolute Gasteiger partial charge is 0.473 e. The SMILES string of the molecule is CC(C)(NC(=O)c1cc(Cl)c(COc2cccc(Br)n2)cn1)C(F)F. The molecule has 0 aliphatic heterocycles. The van der Waals surface area contributed by atoms with Gasteiger partial charge in [0.05, 0.1) is 10.6 Å². The summed E-state index contributed by atoms with van der Waals surface area (Å²) in [6.07, 6.45) is -1.35. The number of rotatable bonds is 6. The van der Waals surface area contributed by atoms with Crippen molar-refractivity contribution in [1.29, 1.82) is 0 Å². The second-order valence-electron chi connectivity index (χ2n) is 5.72. The third-order valence-corrected chi connectivity index (χ3v) is 4.00. The highest BCUT2D eigenvalue weighted by atomic mass is 79.9. The number of carbonyl (C=O) groups is 1. The third kappa shape index (κ3) is 5.34. The van der Waals surface area contributed by atoms with Crippen molar-refractivity contribution in [3.05, 3.63) is 51.3 Å². The Morgan fingerprint density at radius 2 is 2.16 bits per heavy atom. The number of nitrogens with one attached hydrogen (secondary N) is 1. The van der Waals surface area contributed by atoms with Crippen LogP contribution < -0.4 is 10.1 Å². The molecular weight excluding hydrogens is 420 g/mol. The molecule has 1 N–H and O–H groups in total. The number of aromatic nitrogens is 2. The predicted octanol–water partition coefficient (Wildman–Crippen LogP) is 4.25. The van der Waals surface area contributed by atoms with Crippen LogP contribution in [0.4, 0.5) is 8.78 Å². The van der Waals surface area contributed by atoms with Gasteiger partial charge in [-0.15, -0.1) is 0 Å². The average molecular weight is 435 g/mol. The molecule has 0 aliphatic carbocycles. The zero-order chi connectivity index (χ0) is 18.6. The van der Waals surface area contributed by atoms with Gasteiger partial charge < -0.3 is 10.1 Å². The molecule has 9 heteroatoms. The van der Waals surface area contributed by atoms with E-state index in [1.165, 1.54) is 26.1 Å². The molecule has 2 heterocycles. The van der Waals surface area contributed by atoms with E-state index in [0.29, 0.717) is 16.0 Å². The molecule has 5 nitrogen and oxygen atoms in total. The van der Waals surface area contributed by atoms with Crippen LogP contribution >= 0.6 is 27.5 Å². The molecule has 0 bridgehead atoms. The summed E-state index contributed by atoms with van der Waals surface area (Å²) >= 11 is 9.36. The lowest BCUT2D eigenvalue weighted by molar-refractivity contribution is 0.0445. The van der Waals surface area contributed by atoms with Crippen molar-refractivity contribution in [2.45, 2.75) is 32.4 Å². The molecule has 0 unspecified atom stereocenters. The Morgan fingerprint density at radius 1 is 1.44 bits per heavy atom. The molecule has 0 saturated heterocycles. The second-order valence-corrected chi connectivity index (χ2v) is 6.94. The highest BCUT2D eigenvalue weighted by molar-refractivity contribution is 9.10. The Balaban J connectivity index is 2.06. The van der Waals surface area contributed by atoms with E-state index in [0.717, 1.165) is 0 Å². The van der Waals surface area contributed by atoms with Crippen LogP contribution in [0.1, 0.15) is 29.9 Å². The number of nitrogens with zero attached hydrogens (tertiary/aromatic N) is 2. The quantitative estimate of drug-likeness (QED) is 0.691. The van der Waals surface area contributed by atoms with E-state index in [-0.39, 0.29) is 17.3 Å². The van der Waals surface area contributed by atoms with Crippen molar-refractivity contribution in [1.82, 2.24) is 15.3 Å². The van der Waals surface area contributed by atoms with E-state index in [2.05, 4.69) is 31.2 Å². The molecule has 2 aromatic rings. The molecule has 2 aromatic heterocycles. The summed E-state index contributed by atoms with van der Waals surface area (Å²) in [5.74, 6) is -0.334. The van der Waals surface area contributed by atoms with E-state index in [4.69, 9.17) is 16.3 Å². The van der Waals surface area contributed by atoms with E-state index in [1.807, 2.05) is 0 Å². The van der Waals surface area contributed by atoms with Crippen molar-refractivity contribution in [3.63, 3.8) is 0 Å². The second kappa shape index (κ2) is 8.05. The van der Waals surface area contributed by atoms with Crippen LogP contribution in [0.15, 0.2) is 35.1 Å². The Kier molecular flexibility index (Phi) is 6.29. The number of pyridine rings is 2. The molecular formula is C16H15BrClF2N3O2. The normalized spacial score (nSPS) is 11.5. The highest BCUT2D eigenvalue weighted by Crippen LogP contribution is 2.20. The van der Waals surface area contributed by atoms with Crippen molar-refractivity contribution in [3.8, 4) is 5.88 Å². The van der Waals surface area contributed by atoms with E-state index in [9.17, 15) is 13.6 Å². The number of ether oxygens (including phenoxy) is 1. The number of halogens is 4. The fourth-order valence-electron chi connectivity index (χ4n) is 1.72. The van der Waals surface area contributed by atoms with Gasteiger partial charge in [0.25, 0.3) is 12.3 Å². The zero-order valence-corrected chi connectivity index (χ0v) is 15.7. The first kappa shape index (κ1) is 19.5. The van der Waals surface area contributed by atoms with Gasteiger partial charge in [-0.25, -0.2) is 13.8 Å². The molecule has 1 amide bonds. The van der Waals surface area contributed by atoms with Gasteiger partial charge in [-0.2, -0.15) is 0 Å². The standard InChI is InChI=1S/C16H15BrClF2N3O2/c1-16(2,15(19)20)23-14(24)11-6-10(18)9(7-21-11)8-25-13-5-3-4-12(17)22-13/h3-7,15H,8H2,1-2H3,(H,23,24).